The number of nitrogens with zero attached hydrogens (tertiary/aromatic N) is 4. The van der Waals surface area contributed by atoms with Crippen LogP contribution in [-0.2, 0) is 0 Å². The minimum atomic E-state index is -0.801. The number of nitrogens with one attached hydrogen (secondary N) is 1. The predicted octanol–water partition coefficient (Wildman–Crippen LogP) is 4.19. The van der Waals surface area contributed by atoms with Gasteiger partial charge in [0.1, 0.15) is 29.9 Å². The highest BCUT2D eigenvalue weighted by Crippen LogP contribution is 2.38. The van der Waals surface area contributed by atoms with Crippen LogP contribution in [0.15, 0.2) is 48.8 Å². The monoisotopic (exact) mass is 457 g/mol. The van der Waals surface area contributed by atoms with E-state index in [0.29, 0.717) is 35.9 Å². The molecule has 0 amide bonds. The molecule has 0 spiro atoms. The van der Waals surface area contributed by atoms with E-state index in [4.69, 9.17) is 16.3 Å². The summed E-state index contributed by atoms with van der Waals surface area (Å²) in [5.74, 6) is 0.714. The Balaban J connectivity index is 1.72. The molecule has 1 aliphatic rings. The molecule has 32 heavy (non-hydrogen) atoms. The van der Waals surface area contributed by atoms with E-state index in [1.165, 1.54) is 18.5 Å². The first-order valence-electron chi connectivity index (χ1n) is 10.3. The van der Waals surface area contributed by atoms with Gasteiger partial charge in [0.05, 0.1) is 22.8 Å². The van der Waals surface area contributed by atoms with Crippen LogP contribution in [0.1, 0.15) is 6.42 Å². The Hall–Kier alpha value is -2.94. The van der Waals surface area contributed by atoms with Crippen molar-refractivity contribution in [3.8, 4) is 5.75 Å². The Kier molecular flexibility index (Phi) is 6.74. The summed E-state index contributed by atoms with van der Waals surface area (Å²) < 4.78 is 19.5. The van der Waals surface area contributed by atoms with Crippen LogP contribution in [0.2, 0.25) is 5.02 Å². The summed E-state index contributed by atoms with van der Waals surface area (Å²) >= 11 is 5.92. The number of hydrogen-bond acceptors (Lipinski definition) is 7. The summed E-state index contributed by atoms with van der Waals surface area (Å²) in [5, 5.41) is 14.8. The molecule has 0 saturated heterocycles. The fraction of sp³-hybridized carbons (Fsp3) is 0.304. The third-order valence-corrected chi connectivity index (χ3v) is 5.40. The maximum Gasteiger partial charge on any atom is 0.146 e. The Morgan fingerprint density at radius 1 is 1.31 bits per heavy atom. The Morgan fingerprint density at radius 2 is 2.16 bits per heavy atom. The molecular weight excluding hydrogens is 433 g/mol. The molecule has 1 unspecified atom stereocenters. The maximum atomic E-state index is 13.5. The van der Waals surface area contributed by atoms with Gasteiger partial charge in [0.2, 0.25) is 0 Å². The van der Waals surface area contributed by atoms with Crippen molar-refractivity contribution in [2.45, 2.75) is 12.6 Å². The van der Waals surface area contributed by atoms with Gasteiger partial charge in [-0.25, -0.2) is 14.4 Å². The molecule has 4 rings (SSSR count). The molecule has 0 fully saturated rings. The lowest BCUT2D eigenvalue weighted by molar-refractivity contribution is 0.215. The van der Waals surface area contributed by atoms with Gasteiger partial charge in [-0.3, -0.25) is 0 Å². The number of aliphatic hydroxyl groups is 1. The molecule has 0 radical (unpaired) electrons. The number of aliphatic hydroxyl groups excluding tert-OH is 1. The summed E-state index contributed by atoms with van der Waals surface area (Å²) in [7, 11) is 3.95. The predicted molar refractivity (Wildman–Crippen MR) is 125 cm³/mol. The van der Waals surface area contributed by atoms with Crippen molar-refractivity contribution >= 4 is 39.7 Å². The fourth-order valence-corrected chi connectivity index (χ4v) is 3.71. The molecule has 9 heteroatoms. The Bertz CT molecular complexity index is 1140. The van der Waals surface area contributed by atoms with Gasteiger partial charge in [0.25, 0.3) is 0 Å². The van der Waals surface area contributed by atoms with Crippen molar-refractivity contribution in [2.75, 3.05) is 44.0 Å². The smallest absolute Gasteiger partial charge is 0.146 e. The summed E-state index contributed by atoms with van der Waals surface area (Å²) in [6.45, 7) is 1.91. The second-order valence-electron chi connectivity index (χ2n) is 7.81. The number of rotatable bonds is 6. The van der Waals surface area contributed by atoms with E-state index in [0.717, 1.165) is 24.0 Å². The van der Waals surface area contributed by atoms with Crippen LogP contribution in [0, 0.1) is 5.82 Å². The summed E-state index contributed by atoms with van der Waals surface area (Å²) in [5.41, 5.74) is 2.05. The second kappa shape index (κ2) is 9.68. The zero-order valence-corrected chi connectivity index (χ0v) is 18.7. The average molecular weight is 458 g/mol. The number of hydrogen-bond donors (Lipinski definition) is 2. The molecule has 3 aromatic rings. The number of likely N-dealkylation sites (N-methyl/N-ethyl adjacent to an activating group) is 1. The number of fused-ring (bicyclic) bond motifs is 2. The molecule has 2 aromatic carbocycles. The summed E-state index contributed by atoms with van der Waals surface area (Å²) in [4.78, 5) is 12.7. The van der Waals surface area contributed by atoms with Gasteiger partial charge in [0, 0.05) is 30.2 Å². The van der Waals surface area contributed by atoms with Crippen LogP contribution < -0.4 is 15.0 Å². The highest BCUT2D eigenvalue weighted by Gasteiger charge is 2.23. The Morgan fingerprint density at radius 3 is 2.94 bits per heavy atom. The molecule has 1 aliphatic heterocycles. The fourth-order valence-electron chi connectivity index (χ4n) is 3.53. The molecule has 7 nitrogen and oxygen atoms in total. The van der Waals surface area contributed by atoms with Crippen LogP contribution in [0.4, 0.5) is 21.6 Å². The molecule has 0 bridgehead atoms. The lowest BCUT2D eigenvalue weighted by atomic mass is 10.1. The molecule has 1 atom stereocenters. The summed E-state index contributed by atoms with van der Waals surface area (Å²) in [6.07, 6.45) is 5.14. The molecule has 0 saturated carbocycles. The van der Waals surface area contributed by atoms with Crippen molar-refractivity contribution in [1.82, 2.24) is 14.9 Å². The number of aromatic nitrogens is 2. The van der Waals surface area contributed by atoms with E-state index in [9.17, 15) is 9.50 Å². The lowest BCUT2D eigenvalue weighted by Gasteiger charge is -2.28. The number of benzene rings is 2. The van der Waals surface area contributed by atoms with Gasteiger partial charge in [-0.15, -0.1) is 0 Å². The minimum Gasteiger partial charge on any atom is -0.491 e. The van der Waals surface area contributed by atoms with Crippen molar-refractivity contribution in [1.29, 1.82) is 0 Å². The number of anilines is 3. The van der Waals surface area contributed by atoms with Crippen LogP contribution in [0.25, 0.3) is 10.9 Å². The normalized spacial score (nSPS) is 15.0. The van der Waals surface area contributed by atoms with E-state index in [1.54, 1.807) is 12.1 Å². The second-order valence-corrected chi connectivity index (χ2v) is 8.22. The average Bonchev–Trinajstić information content (AvgIpc) is 2.97. The van der Waals surface area contributed by atoms with Gasteiger partial charge in [-0.2, -0.15) is 0 Å². The van der Waals surface area contributed by atoms with Gasteiger partial charge < -0.3 is 25.0 Å². The Labute approximate surface area is 191 Å². The van der Waals surface area contributed by atoms with Crippen molar-refractivity contribution in [3.63, 3.8) is 0 Å². The molecular formula is C23H25ClFN5O2. The zero-order chi connectivity index (χ0) is 22.7. The van der Waals surface area contributed by atoms with Crippen LogP contribution in [-0.4, -0.2) is 60.0 Å². The zero-order valence-electron chi connectivity index (χ0n) is 17.9. The number of ether oxygens (including phenoxy) is 1. The molecule has 2 heterocycles. The molecule has 0 aliphatic carbocycles. The number of halogens is 2. The third-order valence-electron chi connectivity index (χ3n) is 5.11. The summed E-state index contributed by atoms with van der Waals surface area (Å²) in [6, 6.07) is 8.15. The van der Waals surface area contributed by atoms with E-state index in [-0.39, 0.29) is 5.02 Å². The lowest BCUT2D eigenvalue weighted by Crippen LogP contribution is -2.34. The van der Waals surface area contributed by atoms with Gasteiger partial charge in [-0.1, -0.05) is 17.7 Å². The largest absolute Gasteiger partial charge is 0.491 e. The molecule has 1 aromatic heterocycles. The van der Waals surface area contributed by atoms with E-state index in [2.05, 4.69) is 15.3 Å². The van der Waals surface area contributed by atoms with E-state index in [1.807, 2.05) is 42.1 Å². The van der Waals surface area contributed by atoms with Gasteiger partial charge in [-0.05, 0) is 50.9 Å². The highest BCUT2D eigenvalue weighted by atomic mass is 35.5. The van der Waals surface area contributed by atoms with Crippen molar-refractivity contribution in [3.05, 3.63) is 59.7 Å². The first-order valence-corrected chi connectivity index (χ1v) is 10.7. The quantitative estimate of drug-likeness (QED) is 0.537. The van der Waals surface area contributed by atoms with Crippen molar-refractivity contribution < 1.29 is 14.2 Å². The van der Waals surface area contributed by atoms with E-state index < -0.39 is 12.0 Å². The standard InChI is InChI=1S/C23H25ClFN5O2/c1-29(2)8-3-5-22(31)30-9-4-10-32-21-13-19-16(12-20(21)30)23(27-14-26-19)28-15-6-7-18(25)17(24)11-15/h3,5-7,11-14,22,31H,4,8-10H2,1-2H3,(H,26,27,28). The van der Waals surface area contributed by atoms with Crippen LogP contribution >= 0.6 is 11.6 Å². The molecule has 2 N–H and O–H groups in total. The topological polar surface area (TPSA) is 73.8 Å². The SMILES string of the molecule is CN(C)CC=CC(O)N1CCCOc2cc3ncnc(Nc4ccc(F)c(Cl)c4)c3cc21. The first kappa shape index (κ1) is 22.3. The van der Waals surface area contributed by atoms with Gasteiger partial charge in [0.15, 0.2) is 0 Å². The minimum absolute atomic E-state index is 0.0226. The maximum absolute atomic E-state index is 13.5. The van der Waals surface area contributed by atoms with E-state index >= 15 is 0 Å². The van der Waals surface area contributed by atoms with Crippen molar-refractivity contribution in [2.24, 2.45) is 0 Å². The van der Waals surface area contributed by atoms with Gasteiger partial charge >= 0.3 is 0 Å². The first-order chi connectivity index (χ1) is 15.4. The molecule has 168 valence electrons. The van der Waals surface area contributed by atoms with Crippen LogP contribution in [0.5, 0.6) is 5.75 Å². The highest BCUT2D eigenvalue weighted by molar-refractivity contribution is 6.31. The third kappa shape index (κ3) is 4.93. The van der Waals surface area contributed by atoms with Crippen LogP contribution in [0.3, 0.4) is 0 Å².